The maximum absolute atomic E-state index is 11.3. The third kappa shape index (κ3) is 4.31. The molecule has 96 valence electrons. The second-order valence-corrected chi connectivity index (χ2v) is 4.00. The Bertz CT molecular complexity index is 323. The van der Waals surface area contributed by atoms with Crippen LogP contribution in [0, 0.1) is 0 Å². The van der Waals surface area contributed by atoms with Crippen molar-refractivity contribution in [2.75, 3.05) is 11.9 Å². The van der Waals surface area contributed by atoms with Crippen molar-refractivity contribution < 1.29 is 24.3 Å². The molecule has 0 saturated carbocycles. The molecule has 1 saturated heterocycles. The molecule has 1 aliphatic rings. The van der Waals surface area contributed by atoms with Gasteiger partial charge in [0, 0.05) is 19.4 Å². The van der Waals surface area contributed by atoms with Gasteiger partial charge in [0.25, 0.3) is 5.91 Å². The van der Waals surface area contributed by atoms with Crippen LogP contribution in [0.1, 0.15) is 19.3 Å². The monoisotopic (exact) mass is 308 g/mol. The molecule has 0 bridgehead atoms. The lowest BCUT2D eigenvalue weighted by atomic mass is 10.4. The lowest BCUT2D eigenvalue weighted by Gasteiger charge is -2.18. The van der Waals surface area contributed by atoms with Crippen LogP contribution in [0.25, 0.3) is 0 Å². The molecular formula is C9H13BrN2O5. The van der Waals surface area contributed by atoms with Crippen molar-refractivity contribution in [2.45, 2.75) is 25.5 Å². The molecule has 0 aromatic heterocycles. The van der Waals surface area contributed by atoms with E-state index in [9.17, 15) is 19.5 Å². The smallest absolute Gasteiger partial charge is 0.334 e. The highest BCUT2D eigenvalue weighted by Gasteiger charge is 2.32. The molecule has 2 amide bonds. The van der Waals surface area contributed by atoms with E-state index >= 15 is 0 Å². The third-order valence-corrected chi connectivity index (χ3v) is 2.62. The topological polar surface area (TPSA) is 95.9 Å². The van der Waals surface area contributed by atoms with Gasteiger partial charge in [-0.1, -0.05) is 15.9 Å². The average Bonchev–Trinajstić information content (AvgIpc) is 2.60. The number of alkyl halides is 1. The van der Waals surface area contributed by atoms with Crippen LogP contribution in [0.15, 0.2) is 0 Å². The summed E-state index contributed by atoms with van der Waals surface area (Å²) in [5.74, 6) is -1.33. The minimum Gasteiger partial charge on any atom is -0.370 e. The molecule has 1 aliphatic heterocycles. The quantitative estimate of drug-likeness (QED) is 0.654. The summed E-state index contributed by atoms with van der Waals surface area (Å²) in [6.07, 6.45) is -0.709. The molecule has 1 rings (SSSR count). The van der Waals surface area contributed by atoms with Gasteiger partial charge in [0.05, 0.1) is 11.8 Å². The van der Waals surface area contributed by atoms with E-state index < -0.39 is 18.1 Å². The van der Waals surface area contributed by atoms with E-state index in [2.05, 4.69) is 26.1 Å². The number of carbonyl (C=O) groups is 3. The van der Waals surface area contributed by atoms with Crippen molar-refractivity contribution in [3.8, 4) is 0 Å². The SMILES string of the molecule is O=C(CBr)NCCC(=O)ON1C(=O)CCC1O. The van der Waals surface area contributed by atoms with Crippen molar-refractivity contribution in [1.29, 1.82) is 0 Å². The van der Waals surface area contributed by atoms with Gasteiger partial charge in [-0.2, -0.15) is 0 Å². The summed E-state index contributed by atoms with van der Waals surface area (Å²) in [6, 6.07) is 0. The van der Waals surface area contributed by atoms with E-state index in [-0.39, 0.29) is 37.0 Å². The summed E-state index contributed by atoms with van der Waals surface area (Å²) in [4.78, 5) is 37.9. The van der Waals surface area contributed by atoms with Crippen LogP contribution >= 0.6 is 15.9 Å². The number of halogens is 1. The van der Waals surface area contributed by atoms with Gasteiger partial charge in [-0.05, 0) is 0 Å². The molecule has 1 atom stereocenters. The maximum Gasteiger partial charge on any atom is 0.334 e. The molecule has 0 aromatic carbocycles. The van der Waals surface area contributed by atoms with Crippen LogP contribution in [-0.2, 0) is 19.2 Å². The number of nitrogens with zero attached hydrogens (tertiary/aromatic N) is 1. The predicted octanol–water partition coefficient (Wildman–Crippen LogP) is -0.713. The summed E-state index contributed by atoms with van der Waals surface area (Å²) in [5, 5.41) is 12.6. The van der Waals surface area contributed by atoms with E-state index in [0.29, 0.717) is 5.06 Å². The molecule has 2 N–H and O–H groups in total. The normalized spacial score (nSPS) is 19.3. The second kappa shape index (κ2) is 6.55. The van der Waals surface area contributed by atoms with E-state index in [4.69, 9.17) is 0 Å². The predicted molar refractivity (Wildman–Crippen MR) is 59.6 cm³/mol. The summed E-state index contributed by atoms with van der Waals surface area (Å²) in [7, 11) is 0. The van der Waals surface area contributed by atoms with Crippen molar-refractivity contribution in [2.24, 2.45) is 0 Å². The van der Waals surface area contributed by atoms with Gasteiger partial charge in [0.2, 0.25) is 5.91 Å². The number of hydroxylamine groups is 2. The second-order valence-electron chi connectivity index (χ2n) is 3.44. The van der Waals surface area contributed by atoms with Gasteiger partial charge >= 0.3 is 5.97 Å². The Balaban J connectivity index is 2.25. The Kier molecular flexibility index (Phi) is 5.36. The first-order valence-electron chi connectivity index (χ1n) is 5.08. The highest BCUT2D eigenvalue weighted by molar-refractivity contribution is 9.09. The maximum atomic E-state index is 11.3. The van der Waals surface area contributed by atoms with Crippen molar-refractivity contribution in [1.82, 2.24) is 10.4 Å². The van der Waals surface area contributed by atoms with Gasteiger partial charge in [-0.15, -0.1) is 5.06 Å². The van der Waals surface area contributed by atoms with Crippen molar-refractivity contribution in [3.63, 3.8) is 0 Å². The standard InChI is InChI=1S/C9H13BrN2O5/c10-5-6(13)11-4-3-9(16)17-12-7(14)1-2-8(12)15/h7,14H,1-5H2,(H,11,13). The van der Waals surface area contributed by atoms with Crippen molar-refractivity contribution >= 4 is 33.7 Å². The molecule has 7 nitrogen and oxygen atoms in total. The first kappa shape index (κ1) is 13.9. The van der Waals surface area contributed by atoms with Gasteiger partial charge in [-0.3, -0.25) is 9.59 Å². The molecule has 1 fully saturated rings. The Labute approximate surface area is 106 Å². The van der Waals surface area contributed by atoms with Crippen LogP contribution in [0.3, 0.4) is 0 Å². The van der Waals surface area contributed by atoms with Gasteiger partial charge in [0.15, 0.2) is 6.23 Å². The van der Waals surface area contributed by atoms with Crippen LogP contribution in [0.2, 0.25) is 0 Å². The van der Waals surface area contributed by atoms with E-state index in [1.165, 1.54) is 0 Å². The van der Waals surface area contributed by atoms with Crippen LogP contribution in [0.4, 0.5) is 0 Å². The Morgan fingerprint density at radius 3 is 2.82 bits per heavy atom. The Hall–Kier alpha value is -1.15. The average molecular weight is 309 g/mol. The molecule has 1 unspecified atom stereocenters. The van der Waals surface area contributed by atoms with Gasteiger partial charge < -0.3 is 15.3 Å². The number of hydrogen-bond donors (Lipinski definition) is 2. The molecule has 0 aromatic rings. The molecule has 0 aliphatic carbocycles. The third-order valence-electron chi connectivity index (χ3n) is 2.11. The van der Waals surface area contributed by atoms with E-state index in [1.807, 2.05) is 0 Å². The number of nitrogens with one attached hydrogen (secondary N) is 1. The lowest BCUT2D eigenvalue weighted by Crippen LogP contribution is -2.36. The Morgan fingerprint density at radius 1 is 1.59 bits per heavy atom. The Morgan fingerprint density at radius 2 is 2.29 bits per heavy atom. The van der Waals surface area contributed by atoms with Gasteiger partial charge in [0.1, 0.15) is 0 Å². The number of aliphatic hydroxyl groups is 1. The highest BCUT2D eigenvalue weighted by Crippen LogP contribution is 2.16. The number of carbonyl (C=O) groups excluding carboxylic acids is 3. The number of amides is 2. The minimum atomic E-state index is -1.07. The largest absolute Gasteiger partial charge is 0.370 e. The zero-order valence-corrected chi connectivity index (χ0v) is 10.6. The van der Waals surface area contributed by atoms with E-state index in [0.717, 1.165) is 0 Å². The summed E-state index contributed by atoms with van der Waals surface area (Å²) < 4.78 is 0. The summed E-state index contributed by atoms with van der Waals surface area (Å²) in [5.41, 5.74) is 0. The molecule has 8 heteroatoms. The fourth-order valence-corrected chi connectivity index (χ4v) is 1.46. The van der Waals surface area contributed by atoms with Crippen LogP contribution in [0.5, 0.6) is 0 Å². The van der Waals surface area contributed by atoms with Crippen molar-refractivity contribution in [3.05, 3.63) is 0 Å². The first-order valence-corrected chi connectivity index (χ1v) is 6.20. The number of aliphatic hydroxyl groups excluding tert-OH is 1. The van der Waals surface area contributed by atoms with Gasteiger partial charge in [-0.25, -0.2) is 4.79 Å². The summed E-state index contributed by atoms with van der Waals surface area (Å²) in [6.45, 7) is 0.126. The van der Waals surface area contributed by atoms with E-state index in [1.54, 1.807) is 0 Å². The fraction of sp³-hybridized carbons (Fsp3) is 0.667. The summed E-state index contributed by atoms with van der Waals surface area (Å²) >= 11 is 2.95. The fourth-order valence-electron chi connectivity index (χ4n) is 1.26. The molecule has 0 spiro atoms. The highest BCUT2D eigenvalue weighted by atomic mass is 79.9. The first-order chi connectivity index (χ1) is 8.04. The number of hydrogen-bond acceptors (Lipinski definition) is 5. The number of rotatable bonds is 5. The minimum absolute atomic E-state index is 0.0603. The zero-order chi connectivity index (χ0) is 12.8. The molecule has 17 heavy (non-hydrogen) atoms. The van der Waals surface area contributed by atoms with Crippen LogP contribution in [-0.4, -0.2) is 46.1 Å². The molecule has 0 radical (unpaired) electrons. The molecular weight excluding hydrogens is 296 g/mol. The molecule has 1 heterocycles. The lowest BCUT2D eigenvalue weighted by molar-refractivity contribution is -0.220. The zero-order valence-electron chi connectivity index (χ0n) is 9.02. The van der Waals surface area contributed by atoms with Crippen LogP contribution < -0.4 is 5.32 Å².